The van der Waals surface area contributed by atoms with Gasteiger partial charge in [-0.15, -0.1) is 0 Å². The van der Waals surface area contributed by atoms with E-state index in [0.717, 1.165) is 6.54 Å². The lowest BCUT2D eigenvalue weighted by atomic mass is 10.0. The van der Waals surface area contributed by atoms with Crippen LogP contribution in [0, 0.1) is 13.8 Å². The molecule has 0 spiro atoms. The van der Waals surface area contributed by atoms with Gasteiger partial charge in [0.25, 0.3) is 0 Å². The fourth-order valence-electron chi connectivity index (χ4n) is 1.69. The lowest BCUT2D eigenvalue weighted by Gasteiger charge is -2.15. The Balaban J connectivity index is 2.56. The second-order valence-corrected chi connectivity index (χ2v) is 4.36. The SMILES string of the molecule is CCNC(=O)C(C)NCc1cccc(C)c1C. The van der Waals surface area contributed by atoms with Crippen molar-refractivity contribution in [2.75, 3.05) is 6.54 Å². The van der Waals surface area contributed by atoms with Crippen molar-refractivity contribution in [3.63, 3.8) is 0 Å². The van der Waals surface area contributed by atoms with Crippen LogP contribution in [0.3, 0.4) is 0 Å². The molecule has 0 heterocycles. The first-order chi connectivity index (χ1) is 8.06. The fourth-order valence-corrected chi connectivity index (χ4v) is 1.69. The molecule has 1 aromatic carbocycles. The van der Waals surface area contributed by atoms with Crippen LogP contribution in [0.1, 0.15) is 30.5 Å². The Kier molecular flexibility index (Phi) is 5.16. The largest absolute Gasteiger partial charge is 0.355 e. The first kappa shape index (κ1) is 13.7. The molecule has 0 aliphatic rings. The van der Waals surface area contributed by atoms with Crippen molar-refractivity contribution in [1.29, 1.82) is 0 Å². The van der Waals surface area contributed by atoms with Gasteiger partial charge in [0.05, 0.1) is 6.04 Å². The molecule has 0 saturated heterocycles. The molecule has 0 bridgehead atoms. The van der Waals surface area contributed by atoms with Crippen LogP contribution in [0.5, 0.6) is 0 Å². The predicted octanol–water partition coefficient (Wildman–Crippen LogP) is 1.92. The lowest BCUT2D eigenvalue weighted by molar-refractivity contribution is -0.122. The van der Waals surface area contributed by atoms with Crippen LogP contribution in [0.25, 0.3) is 0 Å². The maximum absolute atomic E-state index is 11.5. The summed E-state index contributed by atoms with van der Waals surface area (Å²) in [6, 6.07) is 6.09. The number of hydrogen-bond acceptors (Lipinski definition) is 2. The Morgan fingerprint density at radius 1 is 1.35 bits per heavy atom. The van der Waals surface area contributed by atoms with Crippen molar-refractivity contribution in [3.8, 4) is 0 Å². The molecule has 0 aliphatic carbocycles. The van der Waals surface area contributed by atoms with E-state index in [-0.39, 0.29) is 11.9 Å². The Morgan fingerprint density at radius 3 is 2.71 bits per heavy atom. The molecule has 0 saturated carbocycles. The quantitative estimate of drug-likeness (QED) is 0.817. The van der Waals surface area contributed by atoms with Crippen LogP contribution >= 0.6 is 0 Å². The molecule has 0 fully saturated rings. The average molecular weight is 234 g/mol. The Labute approximate surface area is 104 Å². The number of nitrogens with one attached hydrogen (secondary N) is 2. The molecule has 3 nitrogen and oxygen atoms in total. The van der Waals surface area contributed by atoms with Gasteiger partial charge in [0.2, 0.25) is 5.91 Å². The summed E-state index contributed by atoms with van der Waals surface area (Å²) in [7, 11) is 0. The van der Waals surface area contributed by atoms with Crippen molar-refractivity contribution in [2.24, 2.45) is 0 Å². The highest BCUT2D eigenvalue weighted by Gasteiger charge is 2.11. The summed E-state index contributed by atoms with van der Waals surface area (Å²) in [6.07, 6.45) is 0. The van der Waals surface area contributed by atoms with Gasteiger partial charge in [-0.05, 0) is 44.4 Å². The van der Waals surface area contributed by atoms with Crippen LogP contribution in [0.4, 0.5) is 0 Å². The molecule has 0 radical (unpaired) electrons. The number of carbonyl (C=O) groups is 1. The van der Waals surface area contributed by atoms with Gasteiger partial charge in [0.1, 0.15) is 0 Å². The summed E-state index contributed by atoms with van der Waals surface area (Å²) in [6.45, 7) is 9.43. The van der Waals surface area contributed by atoms with E-state index in [4.69, 9.17) is 0 Å². The number of hydrogen-bond donors (Lipinski definition) is 2. The topological polar surface area (TPSA) is 41.1 Å². The summed E-state index contributed by atoms with van der Waals surface area (Å²) in [5, 5.41) is 6.05. The third-order valence-electron chi connectivity index (χ3n) is 3.06. The molecule has 1 aromatic rings. The van der Waals surface area contributed by atoms with Gasteiger partial charge >= 0.3 is 0 Å². The van der Waals surface area contributed by atoms with Crippen LogP contribution in [0.2, 0.25) is 0 Å². The smallest absolute Gasteiger partial charge is 0.236 e. The monoisotopic (exact) mass is 234 g/mol. The van der Waals surface area contributed by atoms with E-state index in [2.05, 4.69) is 42.7 Å². The Hall–Kier alpha value is -1.35. The van der Waals surface area contributed by atoms with Crippen LogP contribution < -0.4 is 10.6 Å². The van der Waals surface area contributed by atoms with E-state index in [0.29, 0.717) is 6.54 Å². The minimum absolute atomic E-state index is 0.0535. The van der Waals surface area contributed by atoms with Gasteiger partial charge in [0.15, 0.2) is 0 Å². The first-order valence-electron chi connectivity index (χ1n) is 6.12. The molecule has 1 rings (SSSR count). The molecule has 94 valence electrons. The van der Waals surface area contributed by atoms with Crippen molar-refractivity contribution >= 4 is 5.91 Å². The van der Waals surface area contributed by atoms with E-state index in [9.17, 15) is 4.79 Å². The van der Waals surface area contributed by atoms with Gasteiger partial charge in [-0.2, -0.15) is 0 Å². The lowest BCUT2D eigenvalue weighted by Crippen LogP contribution is -2.41. The molecule has 0 aliphatic heterocycles. The van der Waals surface area contributed by atoms with Crippen LogP contribution in [0.15, 0.2) is 18.2 Å². The maximum atomic E-state index is 11.5. The standard InChI is InChI=1S/C14H22N2O/c1-5-15-14(17)12(4)16-9-13-8-6-7-10(2)11(13)3/h6-8,12,16H,5,9H2,1-4H3,(H,15,17). The molecular formula is C14H22N2O. The third-order valence-corrected chi connectivity index (χ3v) is 3.06. The number of carbonyl (C=O) groups excluding carboxylic acids is 1. The molecule has 0 aromatic heterocycles. The normalized spacial score (nSPS) is 12.2. The molecule has 17 heavy (non-hydrogen) atoms. The van der Waals surface area contributed by atoms with Gasteiger partial charge in [0, 0.05) is 13.1 Å². The second-order valence-electron chi connectivity index (χ2n) is 4.36. The van der Waals surface area contributed by atoms with Gasteiger partial charge in [-0.25, -0.2) is 0 Å². The van der Waals surface area contributed by atoms with Gasteiger partial charge < -0.3 is 10.6 Å². The van der Waals surface area contributed by atoms with E-state index >= 15 is 0 Å². The van der Waals surface area contributed by atoms with Gasteiger partial charge in [-0.3, -0.25) is 4.79 Å². The second kappa shape index (κ2) is 6.40. The summed E-state index contributed by atoms with van der Waals surface area (Å²) >= 11 is 0. The minimum Gasteiger partial charge on any atom is -0.355 e. The van der Waals surface area contributed by atoms with E-state index in [1.165, 1.54) is 16.7 Å². The Morgan fingerprint density at radius 2 is 2.06 bits per heavy atom. The number of likely N-dealkylation sites (N-methyl/N-ethyl adjacent to an activating group) is 1. The van der Waals surface area contributed by atoms with E-state index in [1.807, 2.05) is 13.8 Å². The summed E-state index contributed by atoms with van der Waals surface area (Å²) < 4.78 is 0. The maximum Gasteiger partial charge on any atom is 0.236 e. The highest BCUT2D eigenvalue weighted by Crippen LogP contribution is 2.12. The van der Waals surface area contributed by atoms with Crippen molar-refractivity contribution in [2.45, 2.75) is 40.3 Å². The highest BCUT2D eigenvalue weighted by atomic mass is 16.2. The number of aryl methyl sites for hydroxylation is 1. The van der Waals surface area contributed by atoms with Crippen molar-refractivity contribution in [3.05, 3.63) is 34.9 Å². The molecule has 3 heteroatoms. The van der Waals surface area contributed by atoms with Gasteiger partial charge in [-0.1, -0.05) is 18.2 Å². The van der Waals surface area contributed by atoms with Crippen molar-refractivity contribution in [1.82, 2.24) is 10.6 Å². The zero-order valence-corrected chi connectivity index (χ0v) is 11.1. The first-order valence-corrected chi connectivity index (χ1v) is 6.12. The minimum atomic E-state index is -0.158. The number of rotatable bonds is 5. The zero-order chi connectivity index (χ0) is 12.8. The summed E-state index contributed by atoms with van der Waals surface area (Å²) in [4.78, 5) is 11.5. The zero-order valence-electron chi connectivity index (χ0n) is 11.1. The molecule has 2 N–H and O–H groups in total. The Bertz CT molecular complexity index is 388. The predicted molar refractivity (Wildman–Crippen MR) is 70.9 cm³/mol. The molecular weight excluding hydrogens is 212 g/mol. The summed E-state index contributed by atoms with van der Waals surface area (Å²) in [5.74, 6) is 0.0535. The highest BCUT2D eigenvalue weighted by molar-refractivity contribution is 5.81. The molecule has 1 unspecified atom stereocenters. The molecule has 1 atom stereocenters. The third kappa shape index (κ3) is 3.86. The molecule has 1 amide bonds. The van der Waals surface area contributed by atoms with E-state index in [1.54, 1.807) is 0 Å². The van der Waals surface area contributed by atoms with Crippen LogP contribution in [-0.2, 0) is 11.3 Å². The fraction of sp³-hybridized carbons (Fsp3) is 0.500. The van der Waals surface area contributed by atoms with Crippen LogP contribution in [-0.4, -0.2) is 18.5 Å². The van der Waals surface area contributed by atoms with E-state index < -0.39 is 0 Å². The number of benzene rings is 1. The number of amides is 1. The summed E-state index contributed by atoms with van der Waals surface area (Å²) in [5.41, 5.74) is 3.83. The van der Waals surface area contributed by atoms with Crippen molar-refractivity contribution < 1.29 is 4.79 Å². The average Bonchev–Trinajstić information content (AvgIpc) is 2.31.